The molecule has 0 amide bonds. The van der Waals surface area contributed by atoms with Crippen molar-refractivity contribution < 1.29 is 0 Å². The third-order valence-electron chi connectivity index (χ3n) is 5.71. The van der Waals surface area contributed by atoms with Crippen molar-refractivity contribution in [2.45, 2.75) is 84.5 Å². The average molecular weight is 383 g/mol. The lowest BCUT2D eigenvalue weighted by molar-refractivity contribution is 0.525. The van der Waals surface area contributed by atoms with Crippen molar-refractivity contribution in [2.24, 2.45) is 11.8 Å². The highest BCUT2D eigenvalue weighted by atomic mass is 14.9. The summed E-state index contributed by atoms with van der Waals surface area (Å²) < 4.78 is 0. The maximum absolute atomic E-state index is 3.66. The molecule has 0 aromatic carbocycles. The lowest BCUT2D eigenvalue weighted by Crippen LogP contribution is -2.24. The first-order valence-electron chi connectivity index (χ1n) is 12.2. The predicted octanol–water partition coefficient (Wildman–Crippen LogP) is 3.92. The van der Waals surface area contributed by atoms with E-state index in [1.165, 1.54) is 123 Å². The van der Waals surface area contributed by atoms with Crippen molar-refractivity contribution in [3.05, 3.63) is 0 Å². The smallest absolute Gasteiger partial charge is 0.00173 e. The number of nitrogens with one attached hydrogen (secondary N) is 4. The molecular formula is C23H50N4. The molecule has 1 aliphatic carbocycles. The molecule has 0 bridgehead atoms. The summed E-state index contributed by atoms with van der Waals surface area (Å²) in [5.74, 6) is 1.87. The van der Waals surface area contributed by atoms with E-state index in [1.54, 1.807) is 0 Å². The molecule has 4 nitrogen and oxygen atoms in total. The SMILES string of the molecule is CCCCCNCCCCNCC1C[C@H]1CNCCCCNCCCCC. The summed E-state index contributed by atoms with van der Waals surface area (Å²) in [6.45, 7) is 14.2. The van der Waals surface area contributed by atoms with E-state index in [4.69, 9.17) is 0 Å². The van der Waals surface area contributed by atoms with E-state index >= 15 is 0 Å². The molecule has 0 spiro atoms. The first-order chi connectivity index (χ1) is 13.4. The Hall–Kier alpha value is -0.160. The van der Waals surface area contributed by atoms with Crippen LogP contribution in [0.3, 0.4) is 0 Å². The first kappa shape index (κ1) is 24.9. The van der Waals surface area contributed by atoms with Gasteiger partial charge in [-0.3, -0.25) is 0 Å². The van der Waals surface area contributed by atoms with Gasteiger partial charge in [-0.1, -0.05) is 39.5 Å². The number of hydrogen-bond acceptors (Lipinski definition) is 4. The standard InChI is InChI=1S/C23H50N4/c1-3-5-7-13-24-15-9-11-17-26-20-22-19-23(22)21-27-18-12-10-16-25-14-8-6-4-2/h22-27H,3-21H2,1-2H3/t22-,23?/m0/s1. The van der Waals surface area contributed by atoms with E-state index in [2.05, 4.69) is 35.1 Å². The van der Waals surface area contributed by atoms with Gasteiger partial charge in [0, 0.05) is 0 Å². The van der Waals surface area contributed by atoms with Gasteiger partial charge >= 0.3 is 0 Å². The molecule has 0 aromatic heterocycles. The van der Waals surface area contributed by atoms with Gasteiger partial charge in [0.1, 0.15) is 0 Å². The Bertz CT molecular complexity index is 270. The fourth-order valence-electron chi connectivity index (χ4n) is 3.64. The Morgan fingerprint density at radius 2 is 0.815 bits per heavy atom. The van der Waals surface area contributed by atoms with Gasteiger partial charge in [0.15, 0.2) is 0 Å². The van der Waals surface area contributed by atoms with E-state index in [9.17, 15) is 0 Å². The normalized spacial score (nSPS) is 18.9. The zero-order chi connectivity index (χ0) is 19.4. The first-order valence-corrected chi connectivity index (χ1v) is 12.2. The third-order valence-corrected chi connectivity index (χ3v) is 5.71. The Labute approximate surface area is 170 Å². The van der Waals surface area contributed by atoms with Crippen molar-refractivity contribution in [3.8, 4) is 0 Å². The van der Waals surface area contributed by atoms with E-state index < -0.39 is 0 Å². The molecular weight excluding hydrogens is 332 g/mol. The van der Waals surface area contributed by atoms with Crippen molar-refractivity contribution in [3.63, 3.8) is 0 Å². The van der Waals surface area contributed by atoms with Crippen LogP contribution in [0.1, 0.15) is 84.5 Å². The number of rotatable bonds is 22. The fourth-order valence-corrected chi connectivity index (χ4v) is 3.64. The minimum Gasteiger partial charge on any atom is -0.317 e. The lowest BCUT2D eigenvalue weighted by atomic mass is 10.2. The minimum atomic E-state index is 0.935. The Kier molecular flexibility index (Phi) is 17.7. The van der Waals surface area contributed by atoms with Gasteiger partial charge in [-0.25, -0.2) is 0 Å². The lowest BCUT2D eigenvalue weighted by Gasteiger charge is -2.07. The molecule has 162 valence electrons. The van der Waals surface area contributed by atoms with Crippen LogP contribution in [-0.4, -0.2) is 52.4 Å². The van der Waals surface area contributed by atoms with Gasteiger partial charge in [0.25, 0.3) is 0 Å². The van der Waals surface area contributed by atoms with Crippen LogP contribution in [0.25, 0.3) is 0 Å². The van der Waals surface area contributed by atoms with Gasteiger partial charge in [-0.2, -0.15) is 0 Å². The quantitative estimate of drug-likeness (QED) is 0.214. The van der Waals surface area contributed by atoms with Crippen molar-refractivity contribution >= 4 is 0 Å². The van der Waals surface area contributed by atoms with E-state index in [0.29, 0.717) is 0 Å². The second-order valence-electron chi connectivity index (χ2n) is 8.49. The van der Waals surface area contributed by atoms with Crippen LogP contribution in [0.5, 0.6) is 0 Å². The van der Waals surface area contributed by atoms with Gasteiger partial charge < -0.3 is 21.3 Å². The van der Waals surface area contributed by atoms with Crippen LogP contribution in [-0.2, 0) is 0 Å². The largest absolute Gasteiger partial charge is 0.317 e. The topological polar surface area (TPSA) is 48.1 Å². The van der Waals surface area contributed by atoms with Crippen LogP contribution >= 0.6 is 0 Å². The molecule has 2 atom stereocenters. The van der Waals surface area contributed by atoms with Gasteiger partial charge in [0.05, 0.1) is 0 Å². The summed E-state index contributed by atoms with van der Waals surface area (Å²) in [4.78, 5) is 0. The molecule has 0 saturated heterocycles. The maximum atomic E-state index is 3.66. The molecule has 27 heavy (non-hydrogen) atoms. The van der Waals surface area contributed by atoms with Crippen molar-refractivity contribution in [1.29, 1.82) is 0 Å². The summed E-state index contributed by atoms with van der Waals surface area (Å²) in [7, 11) is 0. The molecule has 1 saturated carbocycles. The second-order valence-corrected chi connectivity index (χ2v) is 8.49. The Morgan fingerprint density at radius 1 is 0.481 bits per heavy atom. The molecule has 1 aliphatic rings. The Morgan fingerprint density at radius 3 is 1.19 bits per heavy atom. The molecule has 4 heteroatoms. The van der Waals surface area contributed by atoms with Crippen molar-refractivity contribution in [1.82, 2.24) is 21.3 Å². The zero-order valence-electron chi connectivity index (χ0n) is 18.6. The molecule has 0 heterocycles. The highest BCUT2D eigenvalue weighted by molar-refractivity contribution is 4.89. The van der Waals surface area contributed by atoms with E-state index in [-0.39, 0.29) is 0 Å². The average Bonchev–Trinajstić information content (AvgIpc) is 3.43. The highest BCUT2D eigenvalue weighted by Crippen LogP contribution is 2.36. The summed E-state index contributed by atoms with van der Waals surface area (Å²) in [5, 5.41) is 14.4. The highest BCUT2D eigenvalue weighted by Gasteiger charge is 2.35. The number of hydrogen-bond donors (Lipinski definition) is 4. The van der Waals surface area contributed by atoms with Crippen LogP contribution < -0.4 is 21.3 Å². The van der Waals surface area contributed by atoms with Gasteiger partial charge in [0.2, 0.25) is 0 Å². The molecule has 1 rings (SSSR count). The van der Waals surface area contributed by atoms with Crippen LogP contribution in [0.15, 0.2) is 0 Å². The Balaban J connectivity index is 1.70. The van der Waals surface area contributed by atoms with Crippen LogP contribution in [0, 0.1) is 11.8 Å². The predicted molar refractivity (Wildman–Crippen MR) is 121 cm³/mol. The van der Waals surface area contributed by atoms with Crippen LogP contribution in [0.2, 0.25) is 0 Å². The summed E-state index contributed by atoms with van der Waals surface area (Å²) in [6.07, 6.45) is 14.7. The molecule has 4 N–H and O–H groups in total. The molecule has 0 radical (unpaired) electrons. The molecule has 1 unspecified atom stereocenters. The minimum absolute atomic E-state index is 0.935. The second kappa shape index (κ2) is 19.2. The van der Waals surface area contributed by atoms with E-state index in [1.807, 2.05) is 0 Å². The molecule has 0 aliphatic heterocycles. The molecule has 0 aromatic rings. The van der Waals surface area contributed by atoms with Gasteiger partial charge in [-0.05, 0) is 109 Å². The zero-order valence-corrected chi connectivity index (χ0v) is 18.6. The summed E-state index contributed by atoms with van der Waals surface area (Å²) in [6, 6.07) is 0. The maximum Gasteiger partial charge on any atom is -0.00173 e. The molecule has 1 fully saturated rings. The monoisotopic (exact) mass is 382 g/mol. The van der Waals surface area contributed by atoms with E-state index in [0.717, 1.165) is 11.8 Å². The van der Waals surface area contributed by atoms with Gasteiger partial charge in [-0.15, -0.1) is 0 Å². The third kappa shape index (κ3) is 16.5. The summed E-state index contributed by atoms with van der Waals surface area (Å²) >= 11 is 0. The fraction of sp³-hybridized carbons (Fsp3) is 1.00. The number of unbranched alkanes of at least 4 members (excludes halogenated alkanes) is 6. The van der Waals surface area contributed by atoms with Crippen molar-refractivity contribution in [2.75, 3.05) is 52.4 Å². The summed E-state index contributed by atoms with van der Waals surface area (Å²) in [5.41, 5.74) is 0. The van der Waals surface area contributed by atoms with Crippen LogP contribution in [0.4, 0.5) is 0 Å².